The number of phenolic OH excluding ortho intramolecular Hbond substituents is 1. The predicted octanol–water partition coefficient (Wildman–Crippen LogP) is 4.18. The molecule has 1 atom stereocenters. The van der Waals surface area contributed by atoms with Gasteiger partial charge in [0, 0.05) is 16.2 Å². The number of aromatic hydroxyl groups is 1. The minimum Gasteiger partial charge on any atom is -0.508 e. The van der Waals surface area contributed by atoms with E-state index in [1.165, 1.54) is 23.2 Å². The summed E-state index contributed by atoms with van der Waals surface area (Å²) in [5.41, 5.74) is 1.40. The molecule has 7 heteroatoms. The molecule has 144 valence electrons. The highest BCUT2D eigenvalue weighted by molar-refractivity contribution is 9.10. The largest absolute Gasteiger partial charge is 0.508 e. The average Bonchev–Trinajstić information content (AvgIpc) is 3.00. The number of aliphatic hydroxyl groups is 1. The van der Waals surface area contributed by atoms with Crippen LogP contribution >= 0.6 is 15.9 Å². The Hall–Kier alpha value is -3.45. The Kier molecular flexibility index (Phi) is 4.90. The summed E-state index contributed by atoms with van der Waals surface area (Å²) in [5.74, 6) is -1.75. The lowest BCUT2D eigenvalue weighted by Gasteiger charge is -2.25. The summed E-state index contributed by atoms with van der Waals surface area (Å²) in [7, 11) is 0. The summed E-state index contributed by atoms with van der Waals surface area (Å²) < 4.78 is 0.819. The lowest BCUT2D eigenvalue weighted by Crippen LogP contribution is -2.29. The predicted molar refractivity (Wildman–Crippen MR) is 111 cm³/mol. The number of halogens is 1. The smallest absolute Gasteiger partial charge is 0.300 e. The van der Waals surface area contributed by atoms with Gasteiger partial charge in [-0.05, 0) is 42.0 Å². The Morgan fingerprint density at radius 3 is 2.31 bits per heavy atom. The van der Waals surface area contributed by atoms with Crippen molar-refractivity contribution in [2.75, 3.05) is 4.90 Å². The zero-order valence-corrected chi connectivity index (χ0v) is 16.6. The van der Waals surface area contributed by atoms with Crippen molar-refractivity contribution in [2.45, 2.75) is 6.04 Å². The molecule has 2 aromatic carbocycles. The van der Waals surface area contributed by atoms with Gasteiger partial charge in [-0.3, -0.25) is 19.5 Å². The first-order valence-corrected chi connectivity index (χ1v) is 9.52. The molecule has 1 aliphatic heterocycles. The van der Waals surface area contributed by atoms with Crippen LogP contribution in [-0.4, -0.2) is 26.9 Å². The monoisotopic (exact) mass is 450 g/mol. The fourth-order valence-electron chi connectivity index (χ4n) is 3.33. The normalized spacial score (nSPS) is 18.2. The number of rotatable bonds is 3. The van der Waals surface area contributed by atoms with Crippen molar-refractivity contribution in [3.8, 4) is 5.75 Å². The van der Waals surface area contributed by atoms with Gasteiger partial charge in [0.2, 0.25) is 0 Å². The third-order valence-electron chi connectivity index (χ3n) is 4.70. The highest BCUT2D eigenvalue weighted by atomic mass is 79.9. The van der Waals surface area contributed by atoms with Crippen LogP contribution in [0.2, 0.25) is 0 Å². The van der Waals surface area contributed by atoms with E-state index in [9.17, 15) is 19.8 Å². The second-order valence-corrected chi connectivity index (χ2v) is 7.39. The van der Waals surface area contributed by atoms with Gasteiger partial charge in [-0.15, -0.1) is 0 Å². The molecule has 4 rings (SSSR count). The number of nitrogens with zero attached hydrogens (tertiary/aromatic N) is 2. The molecular formula is C22H15BrN2O4. The van der Waals surface area contributed by atoms with Crippen molar-refractivity contribution in [3.05, 3.63) is 94.2 Å². The zero-order chi connectivity index (χ0) is 20.5. The second kappa shape index (κ2) is 7.52. The zero-order valence-electron chi connectivity index (χ0n) is 15.0. The van der Waals surface area contributed by atoms with Gasteiger partial charge in [0.05, 0.1) is 23.5 Å². The van der Waals surface area contributed by atoms with Crippen molar-refractivity contribution in [1.29, 1.82) is 0 Å². The first-order chi connectivity index (χ1) is 14.0. The molecule has 0 saturated carbocycles. The van der Waals surface area contributed by atoms with E-state index < -0.39 is 17.7 Å². The minimum atomic E-state index is -0.858. The molecule has 1 aliphatic rings. The highest BCUT2D eigenvalue weighted by Crippen LogP contribution is 2.42. The molecule has 0 radical (unpaired) electrons. The summed E-state index contributed by atoms with van der Waals surface area (Å²) >= 11 is 3.34. The Balaban J connectivity index is 1.94. The first kappa shape index (κ1) is 18.9. The van der Waals surface area contributed by atoms with Crippen LogP contribution < -0.4 is 4.90 Å². The fraction of sp³-hybridized carbons (Fsp3) is 0.0455. The molecule has 29 heavy (non-hydrogen) atoms. The van der Waals surface area contributed by atoms with Gasteiger partial charge in [0.1, 0.15) is 11.5 Å². The lowest BCUT2D eigenvalue weighted by atomic mass is 9.95. The molecule has 0 aliphatic carbocycles. The van der Waals surface area contributed by atoms with Crippen LogP contribution in [0.25, 0.3) is 5.76 Å². The minimum absolute atomic E-state index is 0.0214. The van der Waals surface area contributed by atoms with Crippen molar-refractivity contribution < 1.29 is 19.8 Å². The third kappa shape index (κ3) is 3.40. The number of phenols is 1. The van der Waals surface area contributed by atoms with Crippen LogP contribution in [0.15, 0.2) is 83.1 Å². The van der Waals surface area contributed by atoms with Gasteiger partial charge in [-0.2, -0.15) is 0 Å². The van der Waals surface area contributed by atoms with Gasteiger partial charge < -0.3 is 10.2 Å². The fourth-order valence-corrected chi connectivity index (χ4v) is 3.59. The highest BCUT2D eigenvalue weighted by Gasteiger charge is 2.47. The molecule has 2 N–H and O–H groups in total. The summed E-state index contributed by atoms with van der Waals surface area (Å²) in [6.45, 7) is 0. The van der Waals surface area contributed by atoms with Crippen molar-refractivity contribution in [2.24, 2.45) is 0 Å². The maximum atomic E-state index is 12.9. The van der Waals surface area contributed by atoms with E-state index in [-0.39, 0.29) is 17.1 Å². The van der Waals surface area contributed by atoms with Gasteiger partial charge in [-0.25, -0.2) is 0 Å². The topological polar surface area (TPSA) is 90.7 Å². The summed E-state index contributed by atoms with van der Waals surface area (Å²) in [4.78, 5) is 31.2. The Labute approximate surface area is 174 Å². The number of carbonyl (C=O) groups is 2. The average molecular weight is 451 g/mol. The SMILES string of the molecule is O=C1C(=O)N(c2cccnc2)[C@@H](c2ccc(O)cc2)C1=C(O)c1ccc(Br)cc1. The molecule has 1 amide bonds. The van der Waals surface area contributed by atoms with Gasteiger partial charge in [-0.1, -0.05) is 40.2 Å². The van der Waals surface area contributed by atoms with Crippen LogP contribution in [0.3, 0.4) is 0 Å². The number of hydrogen-bond donors (Lipinski definition) is 2. The molecule has 3 aromatic rings. The van der Waals surface area contributed by atoms with E-state index in [4.69, 9.17) is 0 Å². The van der Waals surface area contributed by atoms with Gasteiger partial charge >= 0.3 is 0 Å². The molecule has 2 heterocycles. The van der Waals surface area contributed by atoms with Crippen LogP contribution in [0, 0.1) is 0 Å². The molecule has 0 unspecified atom stereocenters. The van der Waals surface area contributed by atoms with E-state index >= 15 is 0 Å². The Bertz CT molecular complexity index is 1110. The lowest BCUT2D eigenvalue weighted by molar-refractivity contribution is -0.132. The second-order valence-electron chi connectivity index (χ2n) is 6.48. The number of amides is 1. The van der Waals surface area contributed by atoms with Gasteiger partial charge in [0.25, 0.3) is 11.7 Å². The standard InChI is InChI=1S/C22H15BrN2O4/c23-15-7-3-14(4-8-15)20(27)18-19(13-5-9-17(26)10-6-13)25(22(29)21(18)28)16-2-1-11-24-12-16/h1-12,19,26-27H/t19-/m0/s1. The number of hydrogen-bond acceptors (Lipinski definition) is 5. The van der Waals surface area contributed by atoms with Crippen molar-refractivity contribution >= 4 is 39.1 Å². The molecule has 6 nitrogen and oxygen atoms in total. The molecule has 0 bridgehead atoms. The van der Waals surface area contributed by atoms with E-state index in [1.54, 1.807) is 54.7 Å². The summed E-state index contributed by atoms with van der Waals surface area (Å²) in [6.07, 6.45) is 3.05. The molecule has 1 saturated heterocycles. The quantitative estimate of drug-likeness (QED) is 0.354. The Morgan fingerprint density at radius 1 is 1.00 bits per heavy atom. The van der Waals surface area contributed by atoms with Crippen molar-refractivity contribution in [3.63, 3.8) is 0 Å². The number of anilines is 1. The maximum Gasteiger partial charge on any atom is 0.300 e. The number of benzene rings is 2. The van der Waals surface area contributed by atoms with Crippen molar-refractivity contribution in [1.82, 2.24) is 4.98 Å². The van der Waals surface area contributed by atoms with Crippen LogP contribution in [0.1, 0.15) is 17.2 Å². The molecule has 1 fully saturated rings. The summed E-state index contributed by atoms with van der Waals surface area (Å²) in [6, 6.07) is 15.4. The number of aliphatic hydroxyl groups excluding tert-OH is 1. The van der Waals surface area contributed by atoms with E-state index in [2.05, 4.69) is 20.9 Å². The number of ketones is 1. The number of pyridine rings is 1. The van der Waals surface area contributed by atoms with Crippen LogP contribution in [0.5, 0.6) is 5.75 Å². The maximum absolute atomic E-state index is 12.9. The van der Waals surface area contributed by atoms with Crippen LogP contribution in [-0.2, 0) is 9.59 Å². The van der Waals surface area contributed by atoms with E-state index in [0.29, 0.717) is 16.8 Å². The molecule has 1 aromatic heterocycles. The third-order valence-corrected chi connectivity index (χ3v) is 5.22. The number of aromatic nitrogens is 1. The number of Topliss-reactive ketones (excluding diaryl/α,β-unsaturated/α-hetero) is 1. The van der Waals surface area contributed by atoms with Gasteiger partial charge in [0.15, 0.2) is 0 Å². The molecule has 0 spiro atoms. The number of carbonyl (C=O) groups excluding carboxylic acids is 2. The Morgan fingerprint density at radius 2 is 1.69 bits per heavy atom. The first-order valence-electron chi connectivity index (χ1n) is 8.73. The van der Waals surface area contributed by atoms with E-state index in [0.717, 1.165) is 4.47 Å². The van der Waals surface area contributed by atoms with Crippen LogP contribution in [0.4, 0.5) is 5.69 Å². The summed E-state index contributed by atoms with van der Waals surface area (Å²) in [5, 5.41) is 20.6. The van der Waals surface area contributed by atoms with E-state index in [1.807, 2.05) is 0 Å². The molecular weight excluding hydrogens is 436 g/mol.